The van der Waals surface area contributed by atoms with Gasteiger partial charge in [-0.15, -0.1) is 0 Å². The maximum atomic E-state index is 8.98. The first kappa shape index (κ1) is 15.4. The Hall–Kier alpha value is -3.04. The minimum atomic E-state index is 0.0857. The molecule has 0 saturated carbocycles. The molecule has 0 aliphatic carbocycles. The summed E-state index contributed by atoms with van der Waals surface area (Å²) in [6, 6.07) is 12.0. The highest BCUT2D eigenvalue weighted by molar-refractivity contribution is 5.59. The average molecular weight is 288 g/mol. The summed E-state index contributed by atoms with van der Waals surface area (Å²) in [5.41, 5.74) is 3.06. The van der Waals surface area contributed by atoms with Crippen LogP contribution in [0.15, 0.2) is 65.2 Å². The van der Waals surface area contributed by atoms with Gasteiger partial charge < -0.3 is 4.74 Å². The predicted octanol–water partition coefficient (Wildman–Crippen LogP) is 4.42. The summed E-state index contributed by atoms with van der Waals surface area (Å²) >= 11 is 0. The molecule has 1 aliphatic rings. The highest BCUT2D eigenvalue weighted by Crippen LogP contribution is 2.23. The Morgan fingerprint density at radius 1 is 1.14 bits per heavy atom. The minimum absolute atomic E-state index is 0.0857. The van der Waals surface area contributed by atoms with E-state index in [2.05, 4.69) is 13.0 Å². The van der Waals surface area contributed by atoms with Crippen molar-refractivity contribution in [2.45, 2.75) is 20.3 Å². The number of benzene rings is 1. The van der Waals surface area contributed by atoms with E-state index in [0.717, 1.165) is 12.0 Å². The van der Waals surface area contributed by atoms with Gasteiger partial charge in [0.2, 0.25) is 0 Å². The van der Waals surface area contributed by atoms with Crippen LogP contribution in [0.4, 0.5) is 0 Å². The van der Waals surface area contributed by atoms with E-state index in [9.17, 15) is 0 Å². The fourth-order valence-electron chi connectivity index (χ4n) is 2.23. The SMILES string of the molecule is CCc1ccccc1C=CC1=CC(=C(C#N)C#N)C=C(C)O1. The average Bonchev–Trinajstić information content (AvgIpc) is 2.54. The molecule has 3 nitrogen and oxygen atoms in total. The van der Waals surface area contributed by atoms with Gasteiger partial charge >= 0.3 is 0 Å². The third-order valence-electron chi connectivity index (χ3n) is 3.31. The van der Waals surface area contributed by atoms with Gasteiger partial charge in [0.25, 0.3) is 0 Å². The molecule has 0 bridgehead atoms. The van der Waals surface area contributed by atoms with Crippen LogP contribution in [0.1, 0.15) is 25.0 Å². The maximum Gasteiger partial charge on any atom is 0.137 e. The van der Waals surface area contributed by atoms with E-state index < -0.39 is 0 Å². The van der Waals surface area contributed by atoms with Gasteiger partial charge in [-0.3, -0.25) is 0 Å². The Balaban J connectivity index is 2.34. The standard InChI is InChI=1S/C19H16N2O/c1-3-15-6-4-5-7-16(15)8-9-19-11-17(10-14(2)22-19)18(12-20)13-21/h4-11H,3H2,1-2H3. The van der Waals surface area contributed by atoms with Crippen LogP contribution in [-0.4, -0.2) is 0 Å². The van der Waals surface area contributed by atoms with Gasteiger partial charge in [-0.25, -0.2) is 0 Å². The van der Waals surface area contributed by atoms with Crippen molar-refractivity contribution < 1.29 is 4.74 Å². The predicted molar refractivity (Wildman–Crippen MR) is 86.0 cm³/mol. The smallest absolute Gasteiger partial charge is 0.137 e. The third-order valence-corrected chi connectivity index (χ3v) is 3.31. The van der Waals surface area contributed by atoms with Crippen LogP contribution in [0.25, 0.3) is 6.08 Å². The molecule has 108 valence electrons. The second kappa shape index (κ2) is 7.11. The number of hydrogen-bond acceptors (Lipinski definition) is 3. The Kier molecular flexibility index (Phi) is 4.96. The molecule has 0 aromatic heterocycles. The van der Waals surface area contributed by atoms with Crippen molar-refractivity contribution in [3.63, 3.8) is 0 Å². The molecule has 0 saturated heterocycles. The van der Waals surface area contributed by atoms with Gasteiger partial charge in [0, 0.05) is 5.57 Å². The van der Waals surface area contributed by atoms with Crippen LogP contribution in [0.5, 0.6) is 0 Å². The zero-order valence-corrected chi connectivity index (χ0v) is 12.6. The molecule has 0 unspecified atom stereocenters. The van der Waals surface area contributed by atoms with Crippen LogP contribution in [0.2, 0.25) is 0 Å². The number of nitriles is 2. The Morgan fingerprint density at radius 2 is 1.86 bits per heavy atom. The molecule has 3 heteroatoms. The summed E-state index contributed by atoms with van der Waals surface area (Å²) in [4.78, 5) is 0. The van der Waals surface area contributed by atoms with Crippen molar-refractivity contribution in [3.05, 3.63) is 76.3 Å². The fraction of sp³-hybridized carbons (Fsp3) is 0.158. The van der Waals surface area contributed by atoms with Crippen LogP contribution in [0.3, 0.4) is 0 Å². The first-order valence-corrected chi connectivity index (χ1v) is 7.06. The molecule has 0 radical (unpaired) electrons. The Bertz CT molecular complexity index is 764. The van der Waals surface area contributed by atoms with Crippen LogP contribution in [-0.2, 0) is 11.2 Å². The summed E-state index contributed by atoms with van der Waals surface area (Å²) in [5.74, 6) is 1.27. The lowest BCUT2D eigenvalue weighted by Crippen LogP contribution is -1.97. The highest BCUT2D eigenvalue weighted by atomic mass is 16.5. The van der Waals surface area contributed by atoms with Crippen LogP contribution in [0, 0.1) is 22.7 Å². The third kappa shape index (κ3) is 3.53. The second-order valence-corrected chi connectivity index (χ2v) is 4.84. The summed E-state index contributed by atoms with van der Waals surface area (Å²) in [7, 11) is 0. The number of nitrogens with zero attached hydrogens (tertiary/aromatic N) is 2. The molecule has 2 rings (SSSR count). The van der Waals surface area contributed by atoms with E-state index in [1.165, 1.54) is 5.56 Å². The van der Waals surface area contributed by atoms with Crippen LogP contribution >= 0.6 is 0 Å². The first-order valence-electron chi connectivity index (χ1n) is 7.06. The lowest BCUT2D eigenvalue weighted by Gasteiger charge is -2.13. The van der Waals surface area contributed by atoms with Crippen molar-refractivity contribution in [2.24, 2.45) is 0 Å². The van der Waals surface area contributed by atoms with Crippen molar-refractivity contribution in [2.75, 3.05) is 0 Å². The molecule has 0 atom stereocenters. The first-order chi connectivity index (χ1) is 10.7. The quantitative estimate of drug-likeness (QED) is 0.773. The number of rotatable bonds is 3. The van der Waals surface area contributed by atoms with Gasteiger partial charge in [0.15, 0.2) is 0 Å². The molecule has 1 aliphatic heterocycles. The molecule has 0 fully saturated rings. The van der Waals surface area contributed by atoms with E-state index in [4.69, 9.17) is 15.3 Å². The van der Waals surface area contributed by atoms with Gasteiger partial charge in [0.1, 0.15) is 29.2 Å². The number of ether oxygens (including phenoxy) is 1. The van der Waals surface area contributed by atoms with Crippen molar-refractivity contribution in [3.8, 4) is 12.1 Å². The molecule has 1 heterocycles. The number of hydrogen-bond donors (Lipinski definition) is 0. The van der Waals surface area contributed by atoms with E-state index in [1.807, 2.05) is 42.5 Å². The molecular weight excluding hydrogens is 272 g/mol. The molecule has 22 heavy (non-hydrogen) atoms. The molecule has 1 aromatic carbocycles. The highest BCUT2D eigenvalue weighted by Gasteiger charge is 2.10. The molecule has 1 aromatic rings. The monoisotopic (exact) mass is 288 g/mol. The molecule has 0 spiro atoms. The van der Waals surface area contributed by atoms with Gasteiger partial charge in [-0.05, 0) is 42.7 Å². The normalized spacial score (nSPS) is 13.7. The summed E-state index contributed by atoms with van der Waals surface area (Å²) < 4.78 is 5.63. The van der Waals surface area contributed by atoms with Crippen molar-refractivity contribution in [1.82, 2.24) is 0 Å². The van der Waals surface area contributed by atoms with Gasteiger partial charge in [-0.2, -0.15) is 10.5 Å². The summed E-state index contributed by atoms with van der Waals surface area (Å²) in [6.45, 7) is 3.91. The van der Waals surface area contributed by atoms with Crippen molar-refractivity contribution >= 4 is 6.08 Å². The lowest BCUT2D eigenvalue weighted by atomic mass is 10.0. The van der Waals surface area contributed by atoms with E-state index in [-0.39, 0.29) is 5.57 Å². The molecular formula is C19H16N2O. The van der Waals surface area contributed by atoms with Crippen molar-refractivity contribution in [1.29, 1.82) is 10.5 Å². The minimum Gasteiger partial charge on any atom is -0.462 e. The fourth-order valence-corrected chi connectivity index (χ4v) is 2.23. The molecule has 0 N–H and O–H groups in total. The summed E-state index contributed by atoms with van der Waals surface area (Å²) in [5, 5.41) is 18.0. The second-order valence-electron chi connectivity index (χ2n) is 4.84. The van der Waals surface area contributed by atoms with Crippen LogP contribution < -0.4 is 0 Å². The van der Waals surface area contributed by atoms with E-state index >= 15 is 0 Å². The van der Waals surface area contributed by atoms with E-state index in [1.54, 1.807) is 19.1 Å². The summed E-state index contributed by atoms with van der Waals surface area (Å²) in [6.07, 6.45) is 8.20. The largest absolute Gasteiger partial charge is 0.462 e. The topological polar surface area (TPSA) is 56.8 Å². The maximum absolute atomic E-state index is 8.98. The Morgan fingerprint density at radius 3 is 2.55 bits per heavy atom. The molecule has 0 amide bonds. The van der Waals surface area contributed by atoms with E-state index in [0.29, 0.717) is 17.1 Å². The zero-order valence-electron chi connectivity index (χ0n) is 12.6. The Labute approximate surface area is 130 Å². The lowest BCUT2D eigenvalue weighted by molar-refractivity contribution is 0.318. The number of allylic oxidation sites excluding steroid dienone is 6. The zero-order chi connectivity index (χ0) is 15.9. The van der Waals surface area contributed by atoms with Gasteiger partial charge in [0.05, 0.1) is 0 Å². The van der Waals surface area contributed by atoms with Gasteiger partial charge in [-0.1, -0.05) is 37.3 Å². The number of aryl methyl sites for hydroxylation is 1.